The molecule has 0 aliphatic rings. The number of anilines is 1. The number of nitrogens with zero attached hydrogens (tertiary/aromatic N) is 2. The van der Waals surface area contributed by atoms with Gasteiger partial charge in [0.05, 0.1) is 12.3 Å². The first-order chi connectivity index (χ1) is 15.9. The van der Waals surface area contributed by atoms with Gasteiger partial charge in [-0.15, -0.1) is 11.3 Å². The molecule has 2 aromatic heterocycles. The molecule has 33 heavy (non-hydrogen) atoms. The zero-order chi connectivity index (χ0) is 23.8. The van der Waals surface area contributed by atoms with Crippen molar-refractivity contribution in [1.29, 1.82) is 0 Å². The highest BCUT2D eigenvalue weighted by Crippen LogP contribution is 2.17. The molecular weight excluding hydrogens is 453 g/mol. The molecule has 0 aliphatic carbocycles. The number of aromatic nitrogens is 2. The van der Waals surface area contributed by atoms with Gasteiger partial charge in [0.1, 0.15) is 17.1 Å². The first kappa shape index (κ1) is 23.9. The van der Waals surface area contributed by atoms with Crippen molar-refractivity contribution in [3.05, 3.63) is 63.7 Å². The Morgan fingerprint density at radius 2 is 2.06 bits per heavy atom. The predicted molar refractivity (Wildman–Crippen MR) is 118 cm³/mol. The molecule has 0 bridgehead atoms. The number of aryl methyl sites for hydroxylation is 1. The number of esters is 1. The Hall–Kier alpha value is -3.80. The van der Waals surface area contributed by atoms with Gasteiger partial charge in [-0.2, -0.15) is 0 Å². The van der Waals surface area contributed by atoms with Crippen LogP contribution in [0.2, 0.25) is 0 Å². The van der Waals surface area contributed by atoms with Crippen LogP contribution in [0.25, 0.3) is 0 Å². The second-order valence-corrected chi connectivity index (χ2v) is 7.63. The molecule has 0 atom stereocenters. The second-order valence-electron chi connectivity index (χ2n) is 6.77. The summed E-state index contributed by atoms with van der Waals surface area (Å²) < 4.78 is 23.0. The molecule has 0 saturated heterocycles. The SMILES string of the molecule is CCOC(=O)c1noc(C)c1C(=O)NCCc1csc(NC(=O)NCc2cccc(F)c2)n1. The third-order valence-electron chi connectivity index (χ3n) is 4.34. The van der Waals surface area contributed by atoms with E-state index < -0.39 is 17.9 Å². The van der Waals surface area contributed by atoms with Crippen LogP contribution in [0.5, 0.6) is 0 Å². The van der Waals surface area contributed by atoms with Gasteiger partial charge >= 0.3 is 12.0 Å². The normalized spacial score (nSPS) is 10.5. The number of nitrogens with one attached hydrogen (secondary N) is 3. The minimum absolute atomic E-state index is 0.0315. The average Bonchev–Trinajstić information content (AvgIpc) is 3.38. The van der Waals surface area contributed by atoms with Gasteiger partial charge in [-0.3, -0.25) is 10.1 Å². The van der Waals surface area contributed by atoms with Crippen molar-refractivity contribution in [3.8, 4) is 0 Å². The number of halogens is 1. The first-order valence-corrected chi connectivity index (χ1v) is 10.9. The summed E-state index contributed by atoms with van der Waals surface area (Å²) in [5.74, 6) is -1.41. The van der Waals surface area contributed by atoms with Crippen molar-refractivity contribution < 1.29 is 28.0 Å². The van der Waals surface area contributed by atoms with E-state index in [9.17, 15) is 18.8 Å². The predicted octanol–water partition coefficient (Wildman–Crippen LogP) is 3.05. The van der Waals surface area contributed by atoms with Crippen LogP contribution in [-0.4, -0.2) is 41.2 Å². The lowest BCUT2D eigenvalue weighted by Crippen LogP contribution is -2.28. The Kier molecular flexibility index (Phi) is 8.08. The van der Waals surface area contributed by atoms with Crippen molar-refractivity contribution in [2.24, 2.45) is 0 Å². The number of urea groups is 1. The third-order valence-corrected chi connectivity index (χ3v) is 5.15. The Morgan fingerprint density at radius 3 is 2.82 bits per heavy atom. The molecule has 0 fully saturated rings. The van der Waals surface area contributed by atoms with Crippen LogP contribution >= 0.6 is 11.3 Å². The van der Waals surface area contributed by atoms with Crippen LogP contribution < -0.4 is 16.0 Å². The summed E-state index contributed by atoms with van der Waals surface area (Å²) in [7, 11) is 0. The van der Waals surface area contributed by atoms with E-state index >= 15 is 0 Å². The van der Waals surface area contributed by atoms with Crippen molar-refractivity contribution in [3.63, 3.8) is 0 Å². The number of carbonyl (C=O) groups is 3. The van der Waals surface area contributed by atoms with Crippen LogP contribution in [0.3, 0.4) is 0 Å². The fourth-order valence-electron chi connectivity index (χ4n) is 2.82. The summed E-state index contributed by atoms with van der Waals surface area (Å²) in [6.07, 6.45) is 0.397. The zero-order valence-corrected chi connectivity index (χ0v) is 18.8. The maximum absolute atomic E-state index is 13.2. The molecule has 174 valence electrons. The second kappa shape index (κ2) is 11.2. The van der Waals surface area contributed by atoms with Crippen LogP contribution in [0.4, 0.5) is 14.3 Å². The number of carbonyl (C=O) groups excluding carboxylic acids is 3. The smallest absolute Gasteiger partial charge is 0.361 e. The van der Waals surface area contributed by atoms with E-state index in [4.69, 9.17) is 9.26 Å². The van der Waals surface area contributed by atoms with Crippen LogP contribution in [0, 0.1) is 12.7 Å². The number of benzene rings is 1. The van der Waals surface area contributed by atoms with Crippen molar-refractivity contribution in [2.75, 3.05) is 18.5 Å². The topological polar surface area (TPSA) is 135 Å². The molecule has 0 aliphatic heterocycles. The number of hydrogen-bond donors (Lipinski definition) is 3. The minimum Gasteiger partial charge on any atom is -0.461 e. The highest BCUT2D eigenvalue weighted by Gasteiger charge is 2.26. The van der Waals surface area contributed by atoms with Gasteiger partial charge in [0.15, 0.2) is 5.13 Å². The van der Waals surface area contributed by atoms with Gasteiger partial charge < -0.3 is 19.9 Å². The number of amides is 3. The lowest BCUT2D eigenvalue weighted by Gasteiger charge is -2.06. The van der Waals surface area contributed by atoms with E-state index in [0.717, 1.165) is 0 Å². The highest BCUT2D eigenvalue weighted by molar-refractivity contribution is 7.13. The molecule has 3 N–H and O–H groups in total. The molecule has 1 aromatic carbocycles. The Labute approximate surface area is 192 Å². The van der Waals surface area contributed by atoms with Crippen LogP contribution in [0.15, 0.2) is 34.2 Å². The van der Waals surface area contributed by atoms with Gasteiger partial charge in [-0.25, -0.2) is 19.0 Å². The summed E-state index contributed by atoms with van der Waals surface area (Å²) in [6.45, 7) is 3.73. The van der Waals surface area contributed by atoms with Crippen LogP contribution in [-0.2, 0) is 17.7 Å². The van der Waals surface area contributed by atoms with Crippen LogP contribution in [0.1, 0.15) is 44.8 Å². The summed E-state index contributed by atoms with van der Waals surface area (Å²) in [4.78, 5) is 40.7. The summed E-state index contributed by atoms with van der Waals surface area (Å²) in [5.41, 5.74) is 1.16. The van der Waals surface area contributed by atoms with E-state index in [0.29, 0.717) is 22.8 Å². The summed E-state index contributed by atoms with van der Waals surface area (Å²) >= 11 is 1.23. The molecule has 3 aromatic rings. The lowest BCUT2D eigenvalue weighted by molar-refractivity contribution is 0.0511. The molecule has 10 nitrogen and oxygen atoms in total. The van der Waals surface area contributed by atoms with E-state index in [1.165, 1.54) is 30.4 Å². The first-order valence-electron chi connectivity index (χ1n) is 10.0. The molecule has 0 spiro atoms. The molecule has 0 unspecified atom stereocenters. The Balaban J connectivity index is 1.46. The standard InChI is InChI=1S/C21H22FN5O5S/c1-3-31-19(29)17-16(12(2)32-27-17)18(28)23-8-7-15-11-33-21(25-15)26-20(30)24-10-13-5-4-6-14(22)9-13/h4-6,9,11H,3,7-8,10H2,1-2H3,(H,23,28)(H2,24,25,26,30). The largest absolute Gasteiger partial charge is 0.461 e. The van der Waals surface area contributed by atoms with E-state index in [-0.39, 0.29) is 42.5 Å². The zero-order valence-electron chi connectivity index (χ0n) is 17.9. The molecule has 12 heteroatoms. The minimum atomic E-state index is -0.731. The molecular formula is C21H22FN5O5S. The molecule has 0 saturated carbocycles. The Morgan fingerprint density at radius 1 is 1.24 bits per heavy atom. The van der Waals surface area contributed by atoms with Crippen molar-refractivity contribution >= 4 is 34.4 Å². The molecule has 0 radical (unpaired) electrons. The third kappa shape index (κ3) is 6.59. The maximum Gasteiger partial charge on any atom is 0.361 e. The van der Waals surface area contributed by atoms with E-state index in [2.05, 4.69) is 26.1 Å². The highest BCUT2D eigenvalue weighted by atomic mass is 32.1. The number of rotatable bonds is 9. The summed E-state index contributed by atoms with van der Waals surface area (Å²) in [5, 5.41) is 13.7. The fraction of sp³-hybridized carbons (Fsp3) is 0.286. The van der Waals surface area contributed by atoms with Gasteiger partial charge in [-0.05, 0) is 31.5 Å². The number of thiazole rings is 1. The van der Waals surface area contributed by atoms with Gasteiger partial charge in [0.2, 0.25) is 5.69 Å². The van der Waals surface area contributed by atoms with Gasteiger partial charge in [-0.1, -0.05) is 17.3 Å². The van der Waals surface area contributed by atoms with Crippen molar-refractivity contribution in [1.82, 2.24) is 20.8 Å². The monoisotopic (exact) mass is 475 g/mol. The lowest BCUT2D eigenvalue weighted by atomic mass is 10.1. The molecule has 3 rings (SSSR count). The quantitative estimate of drug-likeness (QED) is 0.405. The summed E-state index contributed by atoms with van der Waals surface area (Å²) in [6, 6.07) is 5.47. The molecule has 2 heterocycles. The van der Waals surface area contributed by atoms with E-state index in [1.54, 1.807) is 24.4 Å². The number of hydrogen-bond acceptors (Lipinski definition) is 8. The Bertz CT molecular complexity index is 1150. The van der Waals surface area contributed by atoms with Gasteiger partial charge in [0.25, 0.3) is 5.91 Å². The molecule has 3 amide bonds. The maximum atomic E-state index is 13.2. The number of ether oxygens (including phenoxy) is 1. The fourth-order valence-corrected chi connectivity index (χ4v) is 3.56. The van der Waals surface area contributed by atoms with E-state index in [1.807, 2.05) is 0 Å². The average molecular weight is 476 g/mol. The van der Waals surface area contributed by atoms with Crippen molar-refractivity contribution in [2.45, 2.75) is 26.8 Å². The van der Waals surface area contributed by atoms with Gasteiger partial charge in [0, 0.05) is 24.9 Å².